The molecule has 11 nitrogen and oxygen atoms in total. The molecule has 0 saturated heterocycles. The van der Waals surface area contributed by atoms with E-state index in [0.717, 1.165) is 11.1 Å². The molecule has 3 aliphatic rings. The highest BCUT2D eigenvalue weighted by Gasteiger charge is 2.40. The molecule has 188 valence electrons. The summed E-state index contributed by atoms with van der Waals surface area (Å²) in [6, 6.07) is 6.86. The van der Waals surface area contributed by atoms with E-state index in [1.807, 2.05) is 6.07 Å². The first-order valence-electron chi connectivity index (χ1n) is 11.5. The van der Waals surface area contributed by atoms with E-state index < -0.39 is 16.1 Å². The largest absolute Gasteiger partial charge is 0.484 e. The molecule has 0 N–H and O–H groups in total. The van der Waals surface area contributed by atoms with Gasteiger partial charge in [-0.25, -0.2) is 18.4 Å². The van der Waals surface area contributed by atoms with Gasteiger partial charge in [0.25, 0.3) is 11.8 Å². The van der Waals surface area contributed by atoms with Crippen LogP contribution >= 0.6 is 0 Å². The highest BCUT2D eigenvalue weighted by molar-refractivity contribution is 7.89. The number of hydrogen-bond donors (Lipinski definition) is 0. The maximum atomic E-state index is 13.4. The molecule has 6 rings (SSSR count). The minimum Gasteiger partial charge on any atom is -0.484 e. The quantitative estimate of drug-likeness (QED) is 0.471. The van der Waals surface area contributed by atoms with E-state index in [4.69, 9.17) is 18.6 Å². The Bertz CT molecular complexity index is 1500. The van der Waals surface area contributed by atoms with Gasteiger partial charge in [0.2, 0.25) is 10.0 Å². The van der Waals surface area contributed by atoms with E-state index in [2.05, 4.69) is 9.97 Å². The second-order valence-electron chi connectivity index (χ2n) is 8.89. The molecule has 1 atom stereocenters. The molecule has 0 fully saturated rings. The Labute approximate surface area is 207 Å². The van der Waals surface area contributed by atoms with Gasteiger partial charge in [-0.15, -0.1) is 0 Å². The number of fused-ring (bicyclic) bond motifs is 2. The average molecular weight is 513 g/mol. The first kappa shape index (κ1) is 23.0. The van der Waals surface area contributed by atoms with E-state index in [0.29, 0.717) is 60.5 Å². The number of para-hydroxylation sites is 1. The van der Waals surface area contributed by atoms with Gasteiger partial charge >= 0.3 is 0 Å². The van der Waals surface area contributed by atoms with Crippen LogP contribution in [0.1, 0.15) is 17.6 Å². The van der Waals surface area contributed by atoms with Crippen molar-refractivity contribution in [2.24, 2.45) is 0 Å². The number of sulfonamides is 1. The van der Waals surface area contributed by atoms with Crippen molar-refractivity contribution in [3.8, 4) is 11.6 Å². The lowest BCUT2D eigenvalue weighted by molar-refractivity contribution is -0.141. The lowest BCUT2D eigenvalue weighted by Gasteiger charge is -2.26. The fourth-order valence-corrected chi connectivity index (χ4v) is 6.29. The first-order valence-corrected chi connectivity index (χ1v) is 12.9. The molecule has 36 heavy (non-hydrogen) atoms. The summed E-state index contributed by atoms with van der Waals surface area (Å²) in [7, 11) is -2.30. The zero-order valence-electron chi connectivity index (χ0n) is 19.8. The molecule has 0 aliphatic carbocycles. The molecule has 3 aliphatic heterocycles. The van der Waals surface area contributed by atoms with Gasteiger partial charge in [0.15, 0.2) is 23.3 Å². The predicted molar refractivity (Wildman–Crippen MR) is 126 cm³/mol. The van der Waals surface area contributed by atoms with Gasteiger partial charge in [0, 0.05) is 51.8 Å². The van der Waals surface area contributed by atoms with Gasteiger partial charge in [-0.3, -0.25) is 4.79 Å². The van der Waals surface area contributed by atoms with Crippen LogP contribution in [0.15, 0.2) is 50.9 Å². The first-order chi connectivity index (χ1) is 17.3. The highest BCUT2D eigenvalue weighted by Crippen LogP contribution is 2.35. The Morgan fingerprint density at radius 1 is 1.11 bits per heavy atom. The lowest BCUT2D eigenvalue weighted by atomic mass is 10.1. The number of oxazole rings is 1. The molecular weight excluding hydrogens is 488 g/mol. The molecule has 1 aromatic carbocycles. The molecule has 1 amide bonds. The minimum atomic E-state index is -3.79. The van der Waals surface area contributed by atoms with Crippen LogP contribution in [0.25, 0.3) is 11.1 Å². The summed E-state index contributed by atoms with van der Waals surface area (Å²) in [5.74, 6) is 0.920. The van der Waals surface area contributed by atoms with Gasteiger partial charge < -0.3 is 23.5 Å². The molecule has 0 unspecified atom stereocenters. The molecule has 0 radical (unpaired) electrons. The normalized spacial score (nSPS) is 18.7. The Hall–Kier alpha value is -3.48. The monoisotopic (exact) mass is 512 g/mol. The summed E-state index contributed by atoms with van der Waals surface area (Å²) in [4.78, 5) is 23.7. The summed E-state index contributed by atoms with van der Waals surface area (Å²) >= 11 is 0. The molecule has 0 bridgehead atoms. The zero-order valence-corrected chi connectivity index (χ0v) is 20.6. The molecule has 0 spiro atoms. The van der Waals surface area contributed by atoms with Gasteiger partial charge in [-0.2, -0.15) is 4.31 Å². The molecule has 3 aromatic rings. The summed E-state index contributed by atoms with van der Waals surface area (Å²) in [5.41, 5.74) is 3.67. The predicted octanol–water partition coefficient (Wildman–Crippen LogP) is 1.83. The highest BCUT2D eigenvalue weighted by atomic mass is 32.2. The van der Waals surface area contributed by atoms with Crippen LogP contribution in [-0.2, 0) is 19.6 Å². The Balaban J connectivity index is 1.17. The number of carbonyl (C=O) groups excluding carboxylic acids is 1. The van der Waals surface area contributed by atoms with E-state index in [-0.39, 0.29) is 23.9 Å². The van der Waals surface area contributed by atoms with Crippen molar-refractivity contribution < 1.29 is 31.8 Å². The van der Waals surface area contributed by atoms with Crippen molar-refractivity contribution in [1.82, 2.24) is 19.2 Å². The summed E-state index contributed by atoms with van der Waals surface area (Å²) in [6.07, 6.45) is 0.444. The van der Waals surface area contributed by atoms with Crippen LogP contribution in [0.2, 0.25) is 0 Å². The number of carbonyl (C=O) groups is 1. The number of ether oxygens (including phenoxy) is 3. The van der Waals surface area contributed by atoms with Gasteiger partial charge in [-0.05, 0) is 17.2 Å². The second kappa shape index (κ2) is 8.57. The van der Waals surface area contributed by atoms with Crippen molar-refractivity contribution in [2.45, 2.75) is 17.9 Å². The maximum Gasteiger partial charge on any atom is 0.257 e. The topological polar surface area (TPSA) is 124 Å². The fourth-order valence-electron chi connectivity index (χ4n) is 4.90. The minimum absolute atomic E-state index is 0.0521. The Kier molecular flexibility index (Phi) is 5.47. The number of aromatic nitrogens is 2. The molecule has 12 heteroatoms. The summed E-state index contributed by atoms with van der Waals surface area (Å²) < 4.78 is 50.0. The van der Waals surface area contributed by atoms with Crippen molar-refractivity contribution in [3.63, 3.8) is 0 Å². The zero-order chi connectivity index (χ0) is 25.0. The van der Waals surface area contributed by atoms with Crippen molar-refractivity contribution >= 4 is 27.0 Å². The van der Waals surface area contributed by atoms with E-state index >= 15 is 0 Å². The molecular formula is C24H24N4O7S. The second-order valence-corrected chi connectivity index (χ2v) is 10.8. The van der Waals surface area contributed by atoms with Crippen LogP contribution in [0.4, 0.5) is 0 Å². The summed E-state index contributed by atoms with van der Waals surface area (Å²) in [5, 5.41) is 0. The number of aryl methyl sites for hydroxylation is 1. The van der Waals surface area contributed by atoms with Crippen molar-refractivity contribution in [1.29, 1.82) is 0 Å². The number of methoxy groups -OCH3 is 1. The Morgan fingerprint density at radius 2 is 1.86 bits per heavy atom. The van der Waals surface area contributed by atoms with Gasteiger partial charge in [0.05, 0.1) is 6.20 Å². The Morgan fingerprint density at radius 3 is 2.61 bits per heavy atom. The number of nitrogens with zero attached hydrogens (tertiary/aromatic N) is 4. The van der Waals surface area contributed by atoms with Gasteiger partial charge in [0.1, 0.15) is 23.6 Å². The fraction of sp³-hybridized carbons (Fsp3) is 0.375. The number of amides is 1. The van der Waals surface area contributed by atoms with Gasteiger partial charge in [-0.1, -0.05) is 12.1 Å². The van der Waals surface area contributed by atoms with Crippen LogP contribution < -0.4 is 9.47 Å². The number of benzene rings is 1. The van der Waals surface area contributed by atoms with E-state index in [1.165, 1.54) is 23.7 Å². The molecule has 5 heterocycles. The SMILES string of the molecule is CO[C@@H](C(=O)N1CC2=C(C1)CN(S(=O)(=O)c1cnc3c(c1)OCCO3)C2)c1cccc2oc(C)nc12. The molecule has 0 saturated carbocycles. The number of rotatable bonds is 5. The van der Waals surface area contributed by atoms with Crippen LogP contribution in [0.5, 0.6) is 11.6 Å². The third kappa shape index (κ3) is 3.72. The van der Waals surface area contributed by atoms with Crippen LogP contribution in [0, 0.1) is 6.92 Å². The van der Waals surface area contributed by atoms with Crippen molar-refractivity contribution in [3.05, 3.63) is 53.1 Å². The third-order valence-corrected chi connectivity index (χ3v) is 8.38. The van der Waals surface area contributed by atoms with Crippen LogP contribution in [-0.4, -0.2) is 80.0 Å². The standard InChI is InChI=1S/C24H24N4O7S/c1-14-26-21-18(4-3-5-19(21)35-14)22(32-2)24(29)27-10-15-12-28(13-16(15)11-27)36(30,31)17-8-20-23(25-9-17)34-7-6-33-20/h3-5,8-9,22H,6-7,10-13H2,1-2H3/t22-/m1/s1. The van der Waals surface area contributed by atoms with E-state index in [9.17, 15) is 13.2 Å². The lowest BCUT2D eigenvalue weighted by Crippen LogP contribution is -2.39. The smallest absolute Gasteiger partial charge is 0.257 e. The van der Waals surface area contributed by atoms with E-state index in [1.54, 1.807) is 24.0 Å². The molecule has 2 aromatic heterocycles. The average Bonchev–Trinajstić information content (AvgIpc) is 3.57. The number of hydrogen-bond acceptors (Lipinski definition) is 9. The van der Waals surface area contributed by atoms with Crippen LogP contribution in [0.3, 0.4) is 0 Å². The number of pyridine rings is 1. The van der Waals surface area contributed by atoms with Crippen molar-refractivity contribution in [2.75, 3.05) is 46.5 Å². The third-order valence-electron chi connectivity index (χ3n) is 6.62. The maximum absolute atomic E-state index is 13.4. The summed E-state index contributed by atoms with van der Waals surface area (Å²) in [6.45, 7) is 3.58.